The van der Waals surface area contributed by atoms with Gasteiger partial charge in [-0.15, -0.1) is 0 Å². The van der Waals surface area contributed by atoms with Crippen molar-refractivity contribution in [3.63, 3.8) is 0 Å². The van der Waals surface area contributed by atoms with Gasteiger partial charge in [0.1, 0.15) is 12.1 Å². The minimum Gasteiger partial charge on any atom is -0.445 e. The Kier molecular flexibility index (Phi) is 6.95. The zero-order chi connectivity index (χ0) is 22.7. The van der Waals surface area contributed by atoms with Gasteiger partial charge in [-0.3, -0.25) is 19.7 Å². The normalized spacial score (nSPS) is 28.6. The molecule has 0 unspecified atom stereocenters. The Morgan fingerprint density at radius 1 is 1.03 bits per heavy atom. The predicted molar refractivity (Wildman–Crippen MR) is 116 cm³/mol. The molecule has 3 aliphatic heterocycles. The Morgan fingerprint density at radius 3 is 2.44 bits per heavy atom. The first kappa shape index (κ1) is 22.5. The zero-order valence-corrected chi connectivity index (χ0v) is 18.5. The number of piperidine rings is 1. The summed E-state index contributed by atoms with van der Waals surface area (Å²) in [5.41, 5.74) is 2.91. The van der Waals surface area contributed by atoms with Gasteiger partial charge in [0.25, 0.3) is 0 Å². The molecule has 0 saturated carbocycles. The van der Waals surface area contributed by atoms with Crippen LogP contribution < -0.4 is 5.48 Å². The lowest BCUT2D eigenvalue weighted by molar-refractivity contribution is -0.151. The number of benzene rings is 1. The third-order valence-electron chi connectivity index (χ3n) is 6.97. The first-order valence-corrected chi connectivity index (χ1v) is 11.4. The van der Waals surface area contributed by atoms with Crippen molar-refractivity contribution in [2.45, 2.75) is 43.7 Å². The number of hydrogen-bond acceptors (Lipinski definition) is 6. The molecule has 0 radical (unpaired) electrons. The van der Waals surface area contributed by atoms with E-state index in [1.54, 1.807) is 22.3 Å². The maximum absolute atomic E-state index is 13.5. The lowest BCUT2D eigenvalue weighted by atomic mass is 9.86. The van der Waals surface area contributed by atoms with Gasteiger partial charge in [0.2, 0.25) is 11.8 Å². The summed E-state index contributed by atoms with van der Waals surface area (Å²) in [4.78, 5) is 43.7. The number of rotatable bonds is 4. The molecule has 0 aromatic heterocycles. The van der Waals surface area contributed by atoms with Crippen LogP contribution in [0, 0.1) is 5.92 Å². The van der Waals surface area contributed by atoms with Gasteiger partial charge >= 0.3 is 6.09 Å². The van der Waals surface area contributed by atoms with Crippen LogP contribution in [0.3, 0.4) is 0 Å². The number of hydroxylamine groups is 1. The molecular formula is C23H32N4O5. The highest BCUT2D eigenvalue weighted by Gasteiger charge is 2.46. The molecule has 2 N–H and O–H groups in total. The summed E-state index contributed by atoms with van der Waals surface area (Å²) >= 11 is 0. The highest BCUT2D eigenvalue weighted by molar-refractivity contribution is 5.90. The number of likely N-dealkylation sites (tertiary alicyclic amines) is 3. The summed E-state index contributed by atoms with van der Waals surface area (Å²) < 4.78 is 5.66. The van der Waals surface area contributed by atoms with Gasteiger partial charge in [0.05, 0.1) is 5.92 Å². The molecule has 4 rings (SSSR count). The van der Waals surface area contributed by atoms with Crippen LogP contribution >= 0.6 is 0 Å². The molecule has 3 heterocycles. The smallest absolute Gasteiger partial charge is 0.410 e. The second-order valence-corrected chi connectivity index (χ2v) is 9.08. The second-order valence-electron chi connectivity index (χ2n) is 9.08. The number of nitrogens with one attached hydrogen (secondary N) is 1. The van der Waals surface area contributed by atoms with Gasteiger partial charge in [-0.2, -0.15) is 0 Å². The molecule has 3 amide bonds. The van der Waals surface area contributed by atoms with E-state index in [1.807, 2.05) is 23.1 Å². The second kappa shape index (κ2) is 9.87. The molecule has 32 heavy (non-hydrogen) atoms. The molecule has 9 nitrogen and oxygen atoms in total. The maximum atomic E-state index is 13.5. The van der Waals surface area contributed by atoms with Crippen molar-refractivity contribution in [3.8, 4) is 0 Å². The molecule has 174 valence electrons. The van der Waals surface area contributed by atoms with Gasteiger partial charge in [0, 0.05) is 38.6 Å². The Balaban J connectivity index is 1.43. The van der Waals surface area contributed by atoms with Gasteiger partial charge in [-0.1, -0.05) is 30.3 Å². The molecule has 1 aromatic carbocycles. The highest BCUT2D eigenvalue weighted by Crippen LogP contribution is 2.31. The van der Waals surface area contributed by atoms with Crippen molar-refractivity contribution in [1.82, 2.24) is 20.2 Å². The average molecular weight is 445 g/mol. The first-order chi connectivity index (χ1) is 15.5. The van der Waals surface area contributed by atoms with Crippen LogP contribution in [0.25, 0.3) is 0 Å². The number of nitrogens with zero attached hydrogens (tertiary/aromatic N) is 3. The summed E-state index contributed by atoms with van der Waals surface area (Å²) in [6.07, 6.45) is 2.10. The van der Waals surface area contributed by atoms with E-state index >= 15 is 0 Å². The standard InChI is InChI=1S/C23H32N4O5/c1-25-15-18(32-23(30)26-10-5-6-11-26)13-19(21(28)24-31)20(25)22(29)27-12-9-17(14-27)16-7-3-2-4-8-16/h2-4,7-8,17-20,31H,5-6,9-15H2,1H3,(H,24,28)/t17-,18-,19-,20-/m0/s1. The number of ether oxygens (including phenoxy) is 1. The predicted octanol–water partition coefficient (Wildman–Crippen LogP) is 1.43. The van der Waals surface area contributed by atoms with Crippen LogP contribution in [0.4, 0.5) is 4.79 Å². The van der Waals surface area contributed by atoms with E-state index in [9.17, 15) is 19.6 Å². The van der Waals surface area contributed by atoms with Gasteiger partial charge < -0.3 is 14.5 Å². The molecule has 0 aliphatic carbocycles. The average Bonchev–Trinajstić information content (AvgIpc) is 3.51. The van der Waals surface area contributed by atoms with Crippen LogP contribution in [-0.2, 0) is 14.3 Å². The molecule has 3 aliphatic rings. The number of amides is 3. The van der Waals surface area contributed by atoms with Crippen LogP contribution in [-0.4, -0.2) is 89.7 Å². The van der Waals surface area contributed by atoms with E-state index in [-0.39, 0.29) is 24.3 Å². The monoisotopic (exact) mass is 444 g/mol. The quantitative estimate of drug-likeness (QED) is 0.538. The number of carbonyl (C=O) groups excluding carboxylic acids is 3. The molecule has 0 bridgehead atoms. The Bertz CT molecular complexity index is 829. The van der Waals surface area contributed by atoms with Crippen molar-refractivity contribution in [2.75, 3.05) is 39.8 Å². The summed E-state index contributed by atoms with van der Waals surface area (Å²) in [5, 5.41) is 9.31. The fourth-order valence-electron chi connectivity index (χ4n) is 5.27. The van der Waals surface area contributed by atoms with E-state index in [2.05, 4.69) is 12.1 Å². The minimum absolute atomic E-state index is 0.121. The summed E-state index contributed by atoms with van der Waals surface area (Å²) in [6.45, 7) is 2.96. The lowest BCUT2D eigenvalue weighted by Gasteiger charge is -2.42. The third kappa shape index (κ3) is 4.73. The van der Waals surface area contributed by atoms with E-state index in [0.717, 1.165) is 19.3 Å². The van der Waals surface area contributed by atoms with Gasteiger partial charge in [-0.25, -0.2) is 10.3 Å². The maximum Gasteiger partial charge on any atom is 0.410 e. The van der Waals surface area contributed by atoms with E-state index in [4.69, 9.17) is 4.74 Å². The molecule has 4 atom stereocenters. The van der Waals surface area contributed by atoms with E-state index < -0.39 is 24.0 Å². The zero-order valence-electron chi connectivity index (χ0n) is 18.5. The van der Waals surface area contributed by atoms with E-state index in [1.165, 1.54) is 5.56 Å². The van der Waals surface area contributed by atoms with Crippen molar-refractivity contribution >= 4 is 17.9 Å². The van der Waals surface area contributed by atoms with Crippen molar-refractivity contribution < 1.29 is 24.3 Å². The van der Waals surface area contributed by atoms with Crippen LogP contribution in [0.1, 0.15) is 37.2 Å². The molecule has 0 spiro atoms. The first-order valence-electron chi connectivity index (χ1n) is 11.4. The SMILES string of the molecule is CN1C[C@@H](OC(=O)N2CCCC2)C[C@H](C(=O)NO)[C@H]1C(=O)N1CC[C@H](c2ccccc2)C1. The van der Waals surface area contributed by atoms with Crippen LogP contribution in [0.5, 0.6) is 0 Å². The summed E-state index contributed by atoms with van der Waals surface area (Å²) in [7, 11) is 1.76. The lowest BCUT2D eigenvalue weighted by Crippen LogP contribution is -2.60. The Labute approximate surface area is 188 Å². The number of likely N-dealkylation sites (N-methyl/N-ethyl adjacent to an activating group) is 1. The molecular weight excluding hydrogens is 412 g/mol. The fraction of sp³-hybridized carbons (Fsp3) is 0.609. The molecule has 3 saturated heterocycles. The summed E-state index contributed by atoms with van der Waals surface area (Å²) in [6, 6.07) is 9.42. The topological polar surface area (TPSA) is 102 Å². The van der Waals surface area contributed by atoms with Gasteiger partial charge in [0.15, 0.2) is 0 Å². The summed E-state index contributed by atoms with van der Waals surface area (Å²) in [5.74, 6) is -1.29. The van der Waals surface area contributed by atoms with Crippen molar-refractivity contribution in [1.29, 1.82) is 0 Å². The fourth-order valence-corrected chi connectivity index (χ4v) is 5.27. The number of hydrogen-bond donors (Lipinski definition) is 2. The number of carbonyl (C=O) groups is 3. The molecule has 3 fully saturated rings. The van der Waals surface area contributed by atoms with Crippen LogP contribution in [0.15, 0.2) is 30.3 Å². The Hall–Kier alpha value is -2.65. The highest BCUT2D eigenvalue weighted by atomic mass is 16.6. The van der Waals surface area contributed by atoms with E-state index in [0.29, 0.717) is 32.7 Å². The van der Waals surface area contributed by atoms with Crippen molar-refractivity contribution in [2.24, 2.45) is 5.92 Å². The Morgan fingerprint density at radius 2 is 1.75 bits per heavy atom. The molecule has 1 aromatic rings. The van der Waals surface area contributed by atoms with Crippen LogP contribution in [0.2, 0.25) is 0 Å². The molecule has 9 heteroatoms. The van der Waals surface area contributed by atoms with Crippen molar-refractivity contribution in [3.05, 3.63) is 35.9 Å². The largest absolute Gasteiger partial charge is 0.445 e. The van der Waals surface area contributed by atoms with Gasteiger partial charge in [-0.05, 0) is 38.3 Å². The minimum atomic E-state index is -0.807. The third-order valence-corrected chi connectivity index (χ3v) is 6.97.